The Bertz CT molecular complexity index is 383. The van der Waals surface area contributed by atoms with E-state index in [-0.39, 0.29) is 0 Å². The molecule has 2 rings (SSSR count). The molecular weight excluding hydrogens is 260 g/mol. The van der Waals surface area contributed by atoms with Gasteiger partial charge in [0.25, 0.3) is 0 Å². The second-order valence-corrected chi connectivity index (χ2v) is 6.05. The number of anilines is 1. The van der Waals surface area contributed by atoms with E-state index in [1.54, 1.807) is 7.11 Å². The maximum atomic E-state index is 5.19. The average molecular weight is 290 g/mol. The minimum Gasteiger partial charge on any atom is -0.497 e. The Morgan fingerprint density at radius 1 is 1.10 bits per heavy atom. The molecule has 1 fully saturated rings. The largest absolute Gasteiger partial charge is 0.497 e. The third-order valence-corrected chi connectivity index (χ3v) is 4.38. The van der Waals surface area contributed by atoms with E-state index < -0.39 is 0 Å². The minimum atomic E-state index is 0.616. The summed E-state index contributed by atoms with van der Waals surface area (Å²) in [5.74, 6) is 0.919. The van der Waals surface area contributed by atoms with Crippen molar-refractivity contribution in [1.29, 1.82) is 0 Å². The van der Waals surface area contributed by atoms with Crippen LogP contribution in [0.15, 0.2) is 24.3 Å². The number of likely N-dealkylation sites (tertiary alicyclic amines) is 1. The van der Waals surface area contributed by atoms with Crippen molar-refractivity contribution in [3.8, 4) is 5.75 Å². The van der Waals surface area contributed by atoms with Crippen LogP contribution in [0.2, 0.25) is 0 Å². The molecule has 0 radical (unpaired) electrons. The smallest absolute Gasteiger partial charge is 0.119 e. The molecule has 0 aliphatic carbocycles. The lowest BCUT2D eigenvalue weighted by Gasteiger charge is -2.32. The zero-order chi connectivity index (χ0) is 14.9. The van der Waals surface area contributed by atoms with E-state index in [0.717, 1.165) is 5.75 Å². The molecule has 1 N–H and O–H groups in total. The molecule has 1 aromatic carbocycles. The summed E-state index contributed by atoms with van der Waals surface area (Å²) in [4.78, 5) is 2.63. The average Bonchev–Trinajstić information content (AvgIpc) is 2.54. The number of ether oxygens (including phenoxy) is 1. The van der Waals surface area contributed by atoms with E-state index in [0.29, 0.717) is 6.04 Å². The van der Waals surface area contributed by atoms with Crippen molar-refractivity contribution in [2.75, 3.05) is 32.1 Å². The number of rotatable bonds is 8. The summed E-state index contributed by atoms with van der Waals surface area (Å²) in [6.07, 6.45) is 7.97. The van der Waals surface area contributed by atoms with Gasteiger partial charge in [0.05, 0.1) is 7.11 Å². The zero-order valence-corrected chi connectivity index (χ0v) is 13.6. The van der Waals surface area contributed by atoms with Crippen molar-refractivity contribution in [2.24, 2.45) is 0 Å². The molecule has 1 aliphatic rings. The second kappa shape index (κ2) is 8.93. The third kappa shape index (κ3) is 5.58. The number of piperidine rings is 1. The van der Waals surface area contributed by atoms with Crippen molar-refractivity contribution in [3.05, 3.63) is 24.3 Å². The minimum absolute atomic E-state index is 0.616. The highest BCUT2D eigenvalue weighted by molar-refractivity contribution is 5.47. The third-order valence-electron chi connectivity index (χ3n) is 4.38. The van der Waals surface area contributed by atoms with Gasteiger partial charge in [0.1, 0.15) is 5.75 Å². The van der Waals surface area contributed by atoms with Crippen LogP contribution in [-0.4, -0.2) is 37.7 Å². The molecule has 21 heavy (non-hydrogen) atoms. The van der Waals surface area contributed by atoms with Crippen LogP contribution in [0, 0.1) is 0 Å². The Labute approximate surface area is 129 Å². The normalized spacial score (nSPS) is 16.9. The van der Waals surface area contributed by atoms with Gasteiger partial charge < -0.3 is 15.0 Å². The Morgan fingerprint density at radius 3 is 2.43 bits per heavy atom. The lowest BCUT2D eigenvalue weighted by Crippen LogP contribution is -2.39. The molecule has 0 saturated carbocycles. The number of benzene rings is 1. The quantitative estimate of drug-likeness (QED) is 0.728. The van der Waals surface area contributed by atoms with Crippen molar-refractivity contribution >= 4 is 5.69 Å². The number of hydrogen-bond acceptors (Lipinski definition) is 3. The van der Waals surface area contributed by atoms with E-state index in [2.05, 4.69) is 29.3 Å². The maximum absolute atomic E-state index is 5.19. The van der Waals surface area contributed by atoms with E-state index in [4.69, 9.17) is 4.74 Å². The summed E-state index contributed by atoms with van der Waals surface area (Å²) in [6.45, 7) is 6.03. The predicted molar refractivity (Wildman–Crippen MR) is 90.2 cm³/mol. The van der Waals surface area contributed by atoms with E-state index in [9.17, 15) is 0 Å². The highest BCUT2D eigenvalue weighted by Gasteiger charge is 2.18. The van der Waals surface area contributed by atoms with Gasteiger partial charge in [0.2, 0.25) is 0 Å². The van der Waals surface area contributed by atoms with Gasteiger partial charge in [0, 0.05) is 24.8 Å². The Hall–Kier alpha value is -1.22. The number of methoxy groups -OCH3 is 1. The molecule has 0 atom stereocenters. The van der Waals surface area contributed by atoms with Crippen LogP contribution >= 0.6 is 0 Å². The molecule has 0 aromatic heterocycles. The first-order valence-electron chi connectivity index (χ1n) is 8.44. The summed E-state index contributed by atoms with van der Waals surface area (Å²) in [7, 11) is 1.71. The number of nitrogens with zero attached hydrogens (tertiary/aromatic N) is 1. The molecule has 0 amide bonds. The van der Waals surface area contributed by atoms with Crippen LogP contribution in [0.5, 0.6) is 5.75 Å². The molecule has 3 nitrogen and oxygen atoms in total. The zero-order valence-electron chi connectivity index (χ0n) is 13.6. The highest BCUT2D eigenvalue weighted by atomic mass is 16.5. The molecule has 1 saturated heterocycles. The first-order valence-corrected chi connectivity index (χ1v) is 8.44. The summed E-state index contributed by atoms with van der Waals surface area (Å²) >= 11 is 0. The van der Waals surface area contributed by atoms with Gasteiger partial charge in [0.15, 0.2) is 0 Å². The maximum Gasteiger partial charge on any atom is 0.119 e. The number of nitrogens with one attached hydrogen (secondary N) is 1. The van der Waals surface area contributed by atoms with Crippen LogP contribution in [0.1, 0.15) is 45.4 Å². The molecular formula is C18H30N2O. The fourth-order valence-electron chi connectivity index (χ4n) is 2.99. The van der Waals surface area contributed by atoms with Gasteiger partial charge in [-0.1, -0.05) is 26.2 Å². The monoisotopic (exact) mass is 290 g/mol. The van der Waals surface area contributed by atoms with Gasteiger partial charge in [-0.15, -0.1) is 0 Å². The van der Waals surface area contributed by atoms with E-state index >= 15 is 0 Å². The van der Waals surface area contributed by atoms with Crippen molar-refractivity contribution in [1.82, 2.24) is 4.90 Å². The van der Waals surface area contributed by atoms with E-state index in [1.807, 2.05) is 12.1 Å². The molecule has 1 aliphatic heterocycles. The van der Waals surface area contributed by atoms with Gasteiger partial charge in [-0.25, -0.2) is 0 Å². The van der Waals surface area contributed by atoms with Crippen LogP contribution < -0.4 is 10.1 Å². The predicted octanol–water partition coefficient (Wildman–Crippen LogP) is 4.15. The van der Waals surface area contributed by atoms with Gasteiger partial charge in [-0.05, 0) is 50.1 Å². The molecule has 0 bridgehead atoms. The summed E-state index contributed by atoms with van der Waals surface area (Å²) < 4.78 is 5.19. The topological polar surface area (TPSA) is 24.5 Å². The Kier molecular flexibility index (Phi) is 6.87. The Balaban J connectivity index is 1.66. The van der Waals surface area contributed by atoms with Crippen LogP contribution in [-0.2, 0) is 0 Å². The molecule has 1 aromatic rings. The lowest BCUT2D eigenvalue weighted by atomic mass is 10.0. The number of hydrogen-bond donors (Lipinski definition) is 1. The first-order chi connectivity index (χ1) is 10.3. The number of unbranched alkanes of at least 4 members (excludes halogenated alkanes) is 3. The fourth-order valence-corrected chi connectivity index (χ4v) is 2.99. The van der Waals surface area contributed by atoms with Crippen molar-refractivity contribution < 1.29 is 4.74 Å². The molecule has 3 heteroatoms. The summed E-state index contributed by atoms with van der Waals surface area (Å²) in [5.41, 5.74) is 1.21. The summed E-state index contributed by atoms with van der Waals surface area (Å²) in [5, 5.41) is 3.65. The second-order valence-electron chi connectivity index (χ2n) is 6.05. The standard InChI is InChI=1S/C18H30N2O/c1-3-4-5-6-13-20-14-11-17(12-15-20)19-16-7-9-18(21-2)10-8-16/h7-10,17,19H,3-6,11-15H2,1-2H3. The SMILES string of the molecule is CCCCCCN1CCC(Nc2ccc(OC)cc2)CC1. The van der Waals surface area contributed by atoms with Crippen molar-refractivity contribution in [3.63, 3.8) is 0 Å². The molecule has 0 spiro atoms. The summed E-state index contributed by atoms with van der Waals surface area (Å²) in [6, 6.07) is 8.87. The highest BCUT2D eigenvalue weighted by Crippen LogP contribution is 2.19. The van der Waals surface area contributed by atoms with Crippen LogP contribution in [0.3, 0.4) is 0 Å². The van der Waals surface area contributed by atoms with E-state index in [1.165, 1.54) is 63.8 Å². The molecule has 118 valence electrons. The van der Waals surface area contributed by atoms with Crippen molar-refractivity contribution in [2.45, 2.75) is 51.5 Å². The van der Waals surface area contributed by atoms with Gasteiger partial charge in [-0.2, -0.15) is 0 Å². The fraction of sp³-hybridized carbons (Fsp3) is 0.667. The first kappa shape index (κ1) is 16.2. The lowest BCUT2D eigenvalue weighted by molar-refractivity contribution is 0.215. The Morgan fingerprint density at radius 2 is 1.81 bits per heavy atom. The van der Waals surface area contributed by atoms with Gasteiger partial charge >= 0.3 is 0 Å². The molecule has 0 unspecified atom stereocenters. The van der Waals surface area contributed by atoms with Crippen LogP contribution in [0.25, 0.3) is 0 Å². The van der Waals surface area contributed by atoms with Crippen LogP contribution in [0.4, 0.5) is 5.69 Å². The van der Waals surface area contributed by atoms with Gasteiger partial charge in [-0.3, -0.25) is 0 Å². The molecule has 1 heterocycles.